The van der Waals surface area contributed by atoms with E-state index in [2.05, 4.69) is 10.3 Å². The van der Waals surface area contributed by atoms with E-state index in [1.807, 2.05) is 85.1 Å². The molecule has 4 rings (SSSR count). The van der Waals surface area contributed by atoms with Crippen molar-refractivity contribution in [3.8, 4) is 5.75 Å². The molecule has 0 radical (unpaired) electrons. The number of rotatable bonds is 5. The van der Waals surface area contributed by atoms with Crippen molar-refractivity contribution in [2.75, 3.05) is 5.32 Å². The quantitative estimate of drug-likeness (QED) is 0.481. The fourth-order valence-electron chi connectivity index (χ4n) is 3.11. The molecule has 0 saturated carbocycles. The van der Waals surface area contributed by atoms with Crippen molar-refractivity contribution in [3.05, 3.63) is 94.4 Å². The molecule has 2 heterocycles. The van der Waals surface area contributed by atoms with E-state index in [1.54, 1.807) is 0 Å². The van der Waals surface area contributed by atoms with E-state index in [1.165, 1.54) is 0 Å². The number of nitrogens with one attached hydrogen (secondary N) is 1. The van der Waals surface area contributed by atoms with Gasteiger partial charge in [0.15, 0.2) is 0 Å². The molecule has 0 saturated heterocycles. The number of hydrogen-bond donors (Lipinski definition) is 1. The Labute approximate surface area is 173 Å². The molecule has 146 valence electrons. The second-order valence-corrected chi connectivity index (χ2v) is 7.31. The zero-order valence-corrected chi connectivity index (χ0v) is 16.9. The summed E-state index contributed by atoms with van der Waals surface area (Å²) in [6, 6.07) is 18.7. The summed E-state index contributed by atoms with van der Waals surface area (Å²) in [4.78, 5) is 17.3. The van der Waals surface area contributed by atoms with E-state index < -0.39 is 0 Å². The van der Waals surface area contributed by atoms with Crippen LogP contribution in [0.15, 0.2) is 66.9 Å². The van der Waals surface area contributed by atoms with E-state index in [0.29, 0.717) is 28.7 Å². The fourth-order valence-corrected chi connectivity index (χ4v) is 3.24. The molecule has 0 bridgehead atoms. The summed E-state index contributed by atoms with van der Waals surface area (Å²) >= 11 is 5.89. The van der Waals surface area contributed by atoms with Crippen LogP contribution in [0.5, 0.6) is 5.75 Å². The van der Waals surface area contributed by atoms with Gasteiger partial charge in [-0.15, -0.1) is 0 Å². The average Bonchev–Trinajstić information content (AvgIpc) is 3.03. The maximum atomic E-state index is 12.8. The molecule has 2 aromatic carbocycles. The summed E-state index contributed by atoms with van der Waals surface area (Å²) in [5.41, 5.74) is 4.76. The third-order valence-corrected chi connectivity index (χ3v) is 4.84. The number of ether oxygens (including phenoxy) is 1. The van der Waals surface area contributed by atoms with Crippen molar-refractivity contribution in [2.24, 2.45) is 0 Å². The Bertz CT molecular complexity index is 1170. The summed E-state index contributed by atoms with van der Waals surface area (Å²) in [6.45, 7) is 4.27. The lowest BCUT2D eigenvalue weighted by Crippen LogP contribution is -2.15. The first kappa shape index (κ1) is 19.0. The van der Waals surface area contributed by atoms with Crippen molar-refractivity contribution < 1.29 is 9.53 Å². The number of halogens is 1. The summed E-state index contributed by atoms with van der Waals surface area (Å²) in [5.74, 6) is 0.523. The van der Waals surface area contributed by atoms with Crippen LogP contribution in [-0.4, -0.2) is 15.3 Å². The van der Waals surface area contributed by atoms with Crippen molar-refractivity contribution in [2.45, 2.75) is 20.5 Å². The minimum Gasteiger partial charge on any atom is -0.489 e. The lowest BCUT2D eigenvalue weighted by atomic mass is 10.2. The van der Waals surface area contributed by atoms with Crippen LogP contribution in [0.25, 0.3) is 5.65 Å². The van der Waals surface area contributed by atoms with Gasteiger partial charge < -0.3 is 10.1 Å². The van der Waals surface area contributed by atoms with Crippen LogP contribution >= 0.6 is 11.6 Å². The molecule has 2 aromatic heterocycles. The summed E-state index contributed by atoms with van der Waals surface area (Å²) in [7, 11) is 0. The topological polar surface area (TPSA) is 55.6 Å². The summed E-state index contributed by atoms with van der Waals surface area (Å²) in [5, 5.41) is 3.63. The number of hydrogen-bond acceptors (Lipinski definition) is 3. The van der Waals surface area contributed by atoms with Gasteiger partial charge in [-0.2, -0.15) is 0 Å². The highest BCUT2D eigenvalue weighted by atomic mass is 35.5. The van der Waals surface area contributed by atoms with Crippen LogP contribution in [0.3, 0.4) is 0 Å². The third-order valence-electron chi connectivity index (χ3n) is 4.59. The zero-order valence-electron chi connectivity index (χ0n) is 16.1. The minimum atomic E-state index is -0.199. The number of carbonyl (C=O) groups excluding carboxylic acids is 1. The molecule has 29 heavy (non-hydrogen) atoms. The van der Waals surface area contributed by atoms with Gasteiger partial charge in [0, 0.05) is 16.9 Å². The Balaban J connectivity index is 1.45. The molecule has 1 amide bonds. The Hall–Kier alpha value is -3.31. The zero-order chi connectivity index (χ0) is 20.4. The molecule has 0 aliphatic heterocycles. The monoisotopic (exact) mass is 405 g/mol. The second kappa shape index (κ2) is 7.97. The lowest BCUT2D eigenvalue weighted by molar-refractivity contribution is 0.102. The predicted molar refractivity (Wildman–Crippen MR) is 115 cm³/mol. The van der Waals surface area contributed by atoms with Gasteiger partial charge in [-0.25, -0.2) is 4.98 Å². The lowest BCUT2D eigenvalue weighted by Gasteiger charge is -2.09. The van der Waals surface area contributed by atoms with Gasteiger partial charge in [-0.3, -0.25) is 9.20 Å². The Kier molecular flexibility index (Phi) is 5.23. The number of aryl methyl sites for hydroxylation is 2. The molecule has 0 spiro atoms. The minimum absolute atomic E-state index is 0.199. The molecule has 0 aliphatic rings. The van der Waals surface area contributed by atoms with Crippen molar-refractivity contribution >= 4 is 28.8 Å². The number of carbonyl (C=O) groups is 1. The first-order chi connectivity index (χ1) is 14.0. The number of anilines is 1. The molecule has 0 atom stereocenters. The molecule has 0 fully saturated rings. The molecule has 5 nitrogen and oxygen atoms in total. The largest absolute Gasteiger partial charge is 0.489 e. The van der Waals surface area contributed by atoms with Gasteiger partial charge in [0.1, 0.15) is 23.7 Å². The van der Waals surface area contributed by atoms with Gasteiger partial charge in [-0.1, -0.05) is 29.8 Å². The molecule has 4 aromatic rings. The smallest absolute Gasteiger partial charge is 0.274 e. The number of benzene rings is 2. The van der Waals surface area contributed by atoms with Gasteiger partial charge in [0.05, 0.1) is 5.69 Å². The van der Waals surface area contributed by atoms with Crippen LogP contribution in [0.1, 0.15) is 27.3 Å². The Morgan fingerprint density at radius 2 is 1.76 bits per heavy atom. The standard InChI is InChI=1S/C23H20ClN3O2/c1-15-3-12-21-25-16(2)22(27(21)13-15)23(28)26-19-8-10-20(11-9-19)29-14-17-4-6-18(24)7-5-17/h3-13H,14H2,1-2H3,(H,26,28). The van der Waals surface area contributed by atoms with E-state index in [-0.39, 0.29) is 5.91 Å². The Morgan fingerprint density at radius 1 is 1.03 bits per heavy atom. The maximum absolute atomic E-state index is 12.8. The molecule has 0 aliphatic carbocycles. The Morgan fingerprint density at radius 3 is 2.48 bits per heavy atom. The number of nitrogens with zero attached hydrogens (tertiary/aromatic N) is 2. The van der Waals surface area contributed by atoms with Crippen LogP contribution in [0.4, 0.5) is 5.69 Å². The number of amides is 1. The normalized spacial score (nSPS) is 10.9. The van der Waals surface area contributed by atoms with Crippen molar-refractivity contribution in [3.63, 3.8) is 0 Å². The van der Waals surface area contributed by atoms with Gasteiger partial charge in [0.25, 0.3) is 5.91 Å². The number of pyridine rings is 1. The summed E-state index contributed by atoms with van der Waals surface area (Å²) < 4.78 is 7.61. The first-order valence-corrected chi connectivity index (χ1v) is 9.61. The highest BCUT2D eigenvalue weighted by Crippen LogP contribution is 2.20. The molecule has 1 N–H and O–H groups in total. The van der Waals surface area contributed by atoms with Crippen LogP contribution < -0.4 is 10.1 Å². The number of aromatic nitrogens is 2. The van der Waals surface area contributed by atoms with E-state index in [0.717, 1.165) is 22.5 Å². The molecular formula is C23H20ClN3O2. The van der Waals surface area contributed by atoms with Crippen molar-refractivity contribution in [1.82, 2.24) is 9.38 Å². The second-order valence-electron chi connectivity index (χ2n) is 6.87. The molecular weight excluding hydrogens is 386 g/mol. The van der Waals surface area contributed by atoms with E-state index in [4.69, 9.17) is 16.3 Å². The van der Waals surface area contributed by atoms with E-state index >= 15 is 0 Å². The van der Waals surface area contributed by atoms with Gasteiger partial charge in [-0.05, 0) is 67.4 Å². The number of imidazole rings is 1. The molecule has 6 heteroatoms. The van der Waals surface area contributed by atoms with E-state index in [9.17, 15) is 4.79 Å². The number of fused-ring (bicyclic) bond motifs is 1. The predicted octanol–water partition coefficient (Wildman–Crippen LogP) is 5.44. The average molecular weight is 406 g/mol. The third kappa shape index (κ3) is 4.25. The van der Waals surface area contributed by atoms with Crippen molar-refractivity contribution in [1.29, 1.82) is 0 Å². The van der Waals surface area contributed by atoms with Gasteiger partial charge in [0.2, 0.25) is 0 Å². The maximum Gasteiger partial charge on any atom is 0.274 e. The highest BCUT2D eigenvalue weighted by molar-refractivity contribution is 6.30. The van der Waals surface area contributed by atoms with Gasteiger partial charge >= 0.3 is 0 Å². The SMILES string of the molecule is Cc1ccc2nc(C)c(C(=O)Nc3ccc(OCc4ccc(Cl)cc4)cc3)n2c1. The first-order valence-electron chi connectivity index (χ1n) is 9.23. The highest BCUT2D eigenvalue weighted by Gasteiger charge is 2.16. The van der Waals surface area contributed by atoms with Crippen LogP contribution in [-0.2, 0) is 6.61 Å². The van der Waals surface area contributed by atoms with Crippen LogP contribution in [0.2, 0.25) is 5.02 Å². The molecule has 0 unspecified atom stereocenters. The van der Waals surface area contributed by atoms with Crippen LogP contribution in [0, 0.1) is 13.8 Å². The summed E-state index contributed by atoms with van der Waals surface area (Å²) in [6.07, 6.45) is 1.91. The fraction of sp³-hybridized carbons (Fsp3) is 0.130.